The number of carbonyl (C=O) groups excluding carboxylic acids is 1. The molecular weight excluding hydrogens is 268 g/mol. The third-order valence-electron chi connectivity index (χ3n) is 2.69. The Kier molecular flexibility index (Phi) is 4.75. The molecule has 6 nitrogen and oxygen atoms in total. The van der Waals surface area contributed by atoms with Crippen LogP contribution >= 0.6 is 0 Å². The Bertz CT molecular complexity index is 562. The minimum absolute atomic E-state index is 0.242. The summed E-state index contributed by atoms with van der Waals surface area (Å²) in [7, 11) is -3.40. The Morgan fingerprint density at radius 3 is 2.32 bits per heavy atom. The molecule has 0 aliphatic carbocycles. The maximum atomic E-state index is 11.9. The number of aryl methyl sites for hydroxylation is 2. The fourth-order valence-electron chi connectivity index (χ4n) is 1.87. The van der Waals surface area contributed by atoms with Gasteiger partial charge in [-0.2, -0.15) is 0 Å². The highest BCUT2D eigenvalue weighted by Crippen LogP contribution is 2.21. The maximum Gasteiger partial charge on any atom is 0.238 e. The summed E-state index contributed by atoms with van der Waals surface area (Å²) >= 11 is 0. The molecule has 0 aliphatic rings. The van der Waals surface area contributed by atoms with E-state index in [2.05, 4.69) is 10.0 Å². The van der Waals surface area contributed by atoms with Gasteiger partial charge in [0.15, 0.2) is 0 Å². The fraction of sp³-hybridized carbons (Fsp3) is 0.583. The van der Waals surface area contributed by atoms with Crippen molar-refractivity contribution in [3.05, 3.63) is 23.2 Å². The van der Waals surface area contributed by atoms with Crippen LogP contribution in [0.5, 0.6) is 0 Å². The molecule has 0 radical (unpaired) electrons. The first-order chi connectivity index (χ1) is 8.60. The van der Waals surface area contributed by atoms with Crippen molar-refractivity contribution in [2.75, 3.05) is 6.26 Å². The van der Waals surface area contributed by atoms with E-state index >= 15 is 0 Å². The van der Waals surface area contributed by atoms with Gasteiger partial charge in [0.25, 0.3) is 0 Å². The Morgan fingerprint density at radius 1 is 1.32 bits per heavy atom. The highest BCUT2D eigenvalue weighted by atomic mass is 32.2. The molecule has 1 amide bonds. The molecule has 2 N–H and O–H groups in total. The van der Waals surface area contributed by atoms with E-state index in [1.807, 2.05) is 26.8 Å². The Balaban J connectivity index is 2.69. The van der Waals surface area contributed by atoms with Gasteiger partial charge in [-0.25, -0.2) is 13.1 Å². The van der Waals surface area contributed by atoms with Gasteiger partial charge >= 0.3 is 0 Å². The average Bonchev–Trinajstić information content (AvgIpc) is 2.55. The summed E-state index contributed by atoms with van der Waals surface area (Å²) in [5, 5.41) is 2.75. The quantitative estimate of drug-likeness (QED) is 0.846. The Labute approximate surface area is 113 Å². The van der Waals surface area contributed by atoms with E-state index in [1.54, 1.807) is 0 Å². The van der Waals surface area contributed by atoms with Crippen LogP contribution in [-0.2, 0) is 14.8 Å². The number of hydrogen-bond acceptors (Lipinski definition) is 4. The molecule has 1 rings (SSSR count). The largest absolute Gasteiger partial charge is 0.466 e. The van der Waals surface area contributed by atoms with Gasteiger partial charge in [-0.3, -0.25) is 4.79 Å². The normalized spacial score (nSPS) is 15.0. The summed E-state index contributed by atoms with van der Waals surface area (Å²) in [5.74, 6) is 1.14. The number of carbonyl (C=O) groups is 1. The van der Waals surface area contributed by atoms with E-state index in [-0.39, 0.29) is 11.9 Å². The molecule has 7 heteroatoms. The molecule has 19 heavy (non-hydrogen) atoms. The summed E-state index contributed by atoms with van der Waals surface area (Å²) in [5.41, 5.74) is 0.886. The first-order valence-corrected chi connectivity index (χ1v) is 7.84. The second-order valence-corrected chi connectivity index (χ2v) is 6.49. The molecule has 108 valence electrons. The second kappa shape index (κ2) is 5.75. The van der Waals surface area contributed by atoms with Crippen molar-refractivity contribution in [1.82, 2.24) is 10.0 Å². The Hall–Kier alpha value is -1.34. The van der Waals surface area contributed by atoms with Crippen molar-refractivity contribution in [3.63, 3.8) is 0 Å². The predicted molar refractivity (Wildman–Crippen MR) is 72.2 cm³/mol. The zero-order chi connectivity index (χ0) is 14.8. The molecule has 0 unspecified atom stereocenters. The second-order valence-electron chi connectivity index (χ2n) is 4.71. The minimum atomic E-state index is -3.40. The highest BCUT2D eigenvalue weighted by molar-refractivity contribution is 7.88. The van der Waals surface area contributed by atoms with Crippen molar-refractivity contribution in [2.45, 2.75) is 39.8 Å². The van der Waals surface area contributed by atoms with Crippen LogP contribution in [0.2, 0.25) is 0 Å². The van der Waals surface area contributed by atoms with Crippen LogP contribution in [0, 0.1) is 13.8 Å². The molecule has 0 bridgehead atoms. The summed E-state index contributed by atoms with van der Waals surface area (Å²) in [4.78, 5) is 11.9. The average molecular weight is 288 g/mol. The first-order valence-electron chi connectivity index (χ1n) is 5.94. The van der Waals surface area contributed by atoms with Crippen LogP contribution in [0.25, 0.3) is 0 Å². The molecule has 0 saturated carbocycles. The molecule has 0 fully saturated rings. The summed E-state index contributed by atoms with van der Waals surface area (Å²) in [6, 6.07) is 0.800. The number of sulfonamides is 1. The van der Waals surface area contributed by atoms with Gasteiger partial charge in [0.2, 0.25) is 15.9 Å². The lowest BCUT2D eigenvalue weighted by molar-refractivity contribution is -0.123. The van der Waals surface area contributed by atoms with E-state index in [1.165, 1.54) is 6.92 Å². The Morgan fingerprint density at radius 2 is 1.89 bits per heavy atom. The fourth-order valence-corrected chi connectivity index (χ4v) is 2.62. The molecule has 0 aromatic carbocycles. The van der Waals surface area contributed by atoms with Crippen LogP contribution in [0.1, 0.15) is 37.0 Å². The van der Waals surface area contributed by atoms with E-state index in [9.17, 15) is 13.2 Å². The number of hydrogen-bond donors (Lipinski definition) is 2. The van der Waals surface area contributed by atoms with Gasteiger partial charge in [0, 0.05) is 5.56 Å². The van der Waals surface area contributed by atoms with Crippen molar-refractivity contribution in [2.24, 2.45) is 0 Å². The van der Waals surface area contributed by atoms with Crippen LogP contribution in [0.4, 0.5) is 0 Å². The van der Waals surface area contributed by atoms with Gasteiger partial charge in [0.1, 0.15) is 11.5 Å². The zero-order valence-electron chi connectivity index (χ0n) is 11.8. The molecule has 0 aliphatic heterocycles. The van der Waals surface area contributed by atoms with Crippen molar-refractivity contribution in [3.8, 4) is 0 Å². The van der Waals surface area contributed by atoms with Gasteiger partial charge in [-0.05, 0) is 33.8 Å². The standard InChI is InChI=1S/C12H20N2O4S/c1-7-6-11(10(4)18-7)8(2)13-12(15)9(3)14-19(5,16)17/h6,8-9,14H,1-5H3,(H,13,15)/t8-,9+/m0/s1. The van der Waals surface area contributed by atoms with Gasteiger partial charge in [0.05, 0.1) is 18.3 Å². The van der Waals surface area contributed by atoms with Crippen LogP contribution in [0.3, 0.4) is 0 Å². The minimum Gasteiger partial charge on any atom is -0.466 e. The molecule has 1 heterocycles. The first kappa shape index (κ1) is 15.7. The SMILES string of the molecule is Cc1cc([C@H](C)NC(=O)[C@@H](C)NS(C)(=O)=O)c(C)o1. The number of amides is 1. The smallest absolute Gasteiger partial charge is 0.238 e. The van der Waals surface area contributed by atoms with Crippen molar-refractivity contribution in [1.29, 1.82) is 0 Å². The summed E-state index contributed by atoms with van der Waals surface area (Å²) in [6.07, 6.45) is 1.02. The van der Waals surface area contributed by atoms with E-state index < -0.39 is 16.1 Å². The van der Waals surface area contributed by atoms with Crippen molar-refractivity contribution >= 4 is 15.9 Å². The third-order valence-corrected chi connectivity index (χ3v) is 3.47. The van der Waals surface area contributed by atoms with Gasteiger partial charge < -0.3 is 9.73 Å². The highest BCUT2D eigenvalue weighted by Gasteiger charge is 2.20. The van der Waals surface area contributed by atoms with E-state index in [0.717, 1.165) is 23.3 Å². The molecule has 1 aromatic heterocycles. The van der Waals surface area contributed by atoms with Gasteiger partial charge in [-0.15, -0.1) is 0 Å². The van der Waals surface area contributed by atoms with Gasteiger partial charge in [-0.1, -0.05) is 0 Å². The zero-order valence-corrected chi connectivity index (χ0v) is 12.6. The third kappa shape index (κ3) is 4.68. The monoisotopic (exact) mass is 288 g/mol. The van der Waals surface area contributed by atoms with Crippen LogP contribution in [-0.4, -0.2) is 26.6 Å². The predicted octanol–water partition coefficient (Wildman–Crippen LogP) is 1.01. The number of furan rings is 1. The van der Waals surface area contributed by atoms with Crippen molar-refractivity contribution < 1.29 is 17.6 Å². The summed E-state index contributed by atoms with van der Waals surface area (Å²) in [6.45, 7) is 6.97. The van der Waals surface area contributed by atoms with E-state index in [4.69, 9.17) is 4.42 Å². The lowest BCUT2D eigenvalue weighted by Gasteiger charge is -2.17. The maximum absolute atomic E-state index is 11.9. The topological polar surface area (TPSA) is 88.4 Å². The van der Waals surface area contributed by atoms with Crippen LogP contribution < -0.4 is 10.0 Å². The molecular formula is C12H20N2O4S. The molecule has 0 spiro atoms. The van der Waals surface area contributed by atoms with E-state index in [0.29, 0.717) is 0 Å². The molecule has 1 aromatic rings. The number of nitrogens with one attached hydrogen (secondary N) is 2. The lowest BCUT2D eigenvalue weighted by Crippen LogP contribution is -2.45. The molecule has 0 saturated heterocycles. The van der Waals surface area contributed by atoms with Crippen LogP contribution in [0.15, 0.2) is 10.5 Å². The number of rotatable bonds is 5. The lowest BCUT2D eigenvalue weighted by atomic mass is 10.1. The molecule has 2 atom stereocenters. The summed E-state index contributed by atoms with van der Waals surface area (Å²) < 4.78 is 29.7.